The molecule has 0 aliphatic carbocycles. The summed E-state index contributed by atoms with van der Waals surface area (Å²) in [6, 6.07) is 10.7. The third-order valence-corrected chi connectivity index (χ3v) is 4.58. The van der Waals surface area contributed by atoms with Crippen LogP contribution in [0.5, 0.6) is 11.5 Å². The van der Waals surface area contributed by atoms with Gasteiger partial charge in [-0.2, -0.15) is 5.26 Å². The molecule has 0 N–H and O–H groups in total. The van der Waals surface area contributed by atoms with E-state index in [9.17, 15) is 10.1 Å². The van der Waals surface area contributed by atoms with Gasteiger partial charge >= 0.3 is 0 Å². The Morgan fingerprint density at radius 1 is 1.30 bits per heavy atom. The molecule has 0 saturated carbocycles. The van der Waals surface area contributed by atoms with Crippen molar-refractivity contribution in [2.24, 2.45) is 0 Å². The molecular formula is C14H8BrNO3S. The smallest absolute Gasteiger partial charge is 0.231 e. The molecule has 0 radical (unpaired) electrons. The predicted octanol–water partition coefficient (Wildman–Crippen LogP) is 3.73. The fourth-order valence-corrected chi connectivity index (χ4v) is 3.32. The highest BCUT2D eigenvalue weighted by Gasteiger charge is 2.25. The molecule has 4 nitrogen and oxygen atoms in total. The maximum atomic E-state index is 12.4. The number of Topliss-reactive ketones (excluding diaryl/α,β-unsaturated/α-hetero) is 1. The van der Waals surface area contributed by atoms with Crippen molar-refractivity contribution in [1.82, 2.24) is 0 Å². The zero-order valence-electron chi connectivity index (χ0n) is 10.1. The highest BCUT2D eigenvalue weighted by atomic mass is 79.9. The lowest BCUT2D eigenvalue weighted by Crippen LogP contribution is -2.09. The summed E-state index contributed by atoms with van der Waals surface area (Å²) in [7, 11) is 0. The molecule has 0 bridgehead atoms. The van der Waals surface area contributed by atoms with Gasteiger partial charge < -0.3 is 9.47 Å². The highest BCUT2D eigenvalue weighted by molar-refractivity contribution is 9.11. The van der Waals surface area contributed by atoms with Crippen molar-refractivity contribution in [3.63, 3.8) is 0 Å². The van der Waals surface area contributed by atoms with Crippen LogP contribution in [0.4, 0.5) is 0 Å². The van der Waals surface area contributed by atoms with Gasteiger partial charge in [-0.15, -0.1) is 11.3 Å². The third-order valence-electron chi connectivity index (χ3n) is 2.94. The Kier molecular flexibility index (Phi) is 3.47. The van der Waals surface area contributed by atoms with Crippen LogP contribution in [0.2, 0.25) is 0 Å². The molecular weight excluding hydrogens is 342 g/mol. The lowest BCUT2D eigenvalue weighted by molar-refractivity contribution is 0.0983. The van der Waals surface area contributed by atoms with Crippen molar-refractivity contribution in [3.8, 4) is 17.6 Å². The quantitative estimate of drug-likeness (QED) is 0.792. The first-order valence-corrected chi connectivity index (χ1v) is 7.38. The van der Waals surface area contributed by atoms with Gasteiger partial charge in [-0.1, -0.05) is 6.07 Å². The Labute approximate surface area is 127 Å². The maximum Gasteiger partial charge on any atom is 0.231 e. The Morgan fingerprint density at radius 3 is 2.80 bits per heavy atom. The van der Waals surface area contributed by atoms with Crippen LogP contribution in [0.15, 0.2) is 34.1 Å². The predicted molar refractivity (Wildman–Crippen MR) is 77.3 cm³/mol. The van der Waals surface area contributed by atoms with Gasteiger partial charge in [0.2, 0.25) is 6.79 Å². The lowest BCUT2D eigenvalue weighted by Gasteiger charge is -2.08. The summed E-state index contributed by atoms with van der Waals surface area (Å²) < 4.78 is 11.4. The number of halogens is 1. The topological polar surface area (TPSA) is 59.3 Å². The monoisotopic (exact) mass is 349 g/mol. The van der Waals surface area contributed by atoms with Crippen molar-refractivity contribution < 1.29 is 14.3 Å². The Bertz CT molecular complexity index is 719. The molecule has 2 heterocycles. The number of fused-ring (bicyclic) bond motifs is 1. The molecule has 0 amide bonds. The molecule has 1 aliphatic heterocycles. The van der Waals surface area contributed by atoms with E-state index in [1.54, 1.807) is 30.3 Å². The number of benzene rings is 1. The number of ether oxygens (including phenoxy) is 2. The molecule has 0 spiro atoms. The van der Waals surface area contributed by atoms with Crippen LogP contribution in [-0.2, 0) is 0 Å². The number of hydrogen-bond acceptors (Lipinski definition) is 5. The van der Waals surface area contributed by atoms with Crippen LogP contribution in [0.25, 0.3) is 0 Å². The second kappa shape index (κ2) is 5.27. The van der Waals surface area contributed by atoms with E-state index in [0.717, 1.165) is 3.79 Å². The molecule has 1 aromatic carbocycles. The van der Waals surface area contributed by atoms with E-state index in [4.69, 9.17) is 9.47 Å². The van der Waals surface area contributed by atoms with Gasteiger partial charge in [0.25, 0.3) is 0 Å². The van der Waals surface area contributed by atoms with E-state index in [0.29, 0.717) is 21.9 Å². The van der Waals surface area contributed by atoms with E-state index in [1.165, 1.54) is 11.3 Å². The summed E-state index contributed by atoms with van der Waals surface area (Å²) in [5.41, 5.74) is 0.617. The Morgan fingerprint density at radius 2 is 2.10 bits per heavy atom. The van der Waals surface area contributed by atoms with Crippen molar-refractivity contribution in [2.45, 2.75) is 5.92 Å². The molecule has 3 rings (SSSR count). The summed E-state index contributed by atoms with van der Waals surface area (Å²) in [4.78, 5) is 12.9. The number of carbonyl (C=O) groups is 1. The molecule has 100 valence electrons. The molecule has 1 aliphatic rings. The fraction of sp³-hybridized carbons (Fsp3) is 0.143. The standard InChI is InChI=1S/C14H8BrNO3S/c15-13-4-3-12(20-13)14(17)9(6-16)8-1-2-10-11(5-8)19-7-18-10/h1-5,9H,7H2. The van der Waals surface area contributed by atoms with E-state index in [1.807, 2.05) is 0 Å². The second-order valence-electron chi connectivity index (χ2n) is 4.14. The van der Waals surface area contributed by atoms with Crippen LogP contribution in [0.1, 0.15) is 21.2 Å². The van der Waals surface area contributed by atoms with E-state index in [-0.39, 0.29) is 12.6 Å². The fourth-order valence-electron chi connectivity index (χ4n) is 1.97. The SMILES string of the molecule is N#CC(C(=O)c1ccc(Br)s1)c1ccc2c(c1)OCO2. The molecule has 20 heavy (non-hydrogen) atoms. The minimum Gasteiger partial charge on any atom is -0.454 e. The van der Waals surface area contributed by atoms with Crippen molar-refractivity contribution in [2.75, 3.05) is 6.79 Å². The summed E-state index contributed by atoms with van der Waals surface area (Å²) in [6.45, 7) is 0.168. The number of nitrogens with zero attached hydrogens (tertiary/aromatic N) is 1. The number of nitriles is 1. The third kappa shape index (κ3) is 2.30. The van der Waals surface area contributed by atoms with E-state index < -0.39 is 5.92 Å². The number of carbonyl (C=O) groups excluding carboxylic acids is 1. The molecule has 6 heteroatoms. The summed E-state index contributed by atoms with van der Waals surface area (Å²) in [5, 5.41) is 9.32. The van der Waals surface area contributed by atoms with Crippen molar-refractivity contribution in [1.29, 1.82) is 5.26 Å². The van der Waals surface area contributed by atoms with Crippen molar-refractivity contribution in [3.05, 3.63) is 44.6 Å². The highest BCUT2D eigenvalue weighted by Crippen LogP contribution is 2.36. The lowest BCUT2D eigenvalue weighted by atomic mass is 9.95. The maximum absolute atomic E-state index is 12.4. The van der Waals surface area contributed by atoms with Gasteiger partial charge in [-0.3, -0.25) is 4.79 Å². The van der Waals surface area contributed by atoms with Crippen LogP contribution in [0, 0.1) is 11.3 Å². The van der Waals surface area contributed by atoms with Gasteiger partial charge in [-0.25, -0.2) is 0 Å². The van der Waals surface area contributed by atoms with E-state index >= 15 is 0 Å². The van der Waals surface area contributed by atoms with Gasteiger partial charge in [0.1, 0.15) is 5.92 Å². The first-order chi connectivity index (χ1) is 9.69. The summed E-state index contributed by atoms with van der Waals surface area (Å²) in [6.07, 6.45) is 0. The molecule has 1 atom stereocenters. The zero-order valence-corrected chi connectivity index (χ0v) is 12.5. The summed E-state index contributed by atoms with van der Waals surface area (Å²) in [5.74, 6) is 0.164. The van der Waals surface area contributed by atoms with Crippen LogP contribution < -0.4 is 9.47 Å². The molecule has 0 saturated heterocycles. The number of hydrogen-bond donors (Lipinski definition) is 0. The number of rotatable bonds is 3. The minimum absolute atomic E-state index is 0.168. The zero-order chi connectivity index (χ0) is 14.1. The normalized spacial score (nSPS) is 13.8. The summed E-state index contributed by atoms with van der Waals surface area (Å²) >= 11 is 4.63. The van der Waals surface area contributed by atoms with Crippen LogP contribution in [-0.4, -0.2) is 12.6 Å². The van der Waals surface area contributed by atoms with Crippen LogP contribution >= 0.6 is 27.3 Å². The van der Waals surface area contributed by atoms with Crippen molar-refractivity contribution >= 4 is 33.0 Å². The molecule has 1 aromatic heterocycles. The van der Waals surface area contributed by atoms with Gasteiger partial charge in [0.05, 0.1) is 14.7 Å². The molecule has 2 aromatic rings. The number of thiophene rings is 1. The first-order valence-electron chi connectivity index (χ1n) is 5.78. The molecule has 1 unspecified atom stereocenters. The largest absolute Gasteiger partial charge is 0.454 e. The Hall–Kier alpha value is -1.84. The average Bonchev–Trinajstić information content (AvgIpc) is 3.07. The average molecular weight is 350 g/mol. The van der Waals surface area contributed by atoms with Gasteiger partial charge in [-0.05, 0) is 45.8 Å². The first kappa shape index (κ1) is 13.2. The molecule has 0 fully saturated rings. The number of ketones is 1. The van der Waals surface area contributed by atoms with Gasteiger partial charge in [0, 0.05) is 0 Å². The van der Waals surface area contributed by atoms with E-state index in [2.05, 4.69) is 22.0 Å². The minimum atomic E-state index is -0.838. The second-order valence-corrected chi connectivity index (χ2v) is 6.61. The Balaban J connectivity index is 1.94. The van der Waals surface area contributed by atoms with Crippen LogP contribution in [0.3, 0.4) is 0 Å². The van der Waals surface area contributed by atoms with Gasteiger partial charge in [0.15, 0.2) is 17.3 Å².